The first kappa shape index (κ1) is 18.9. The highest BCUT2D eigenvalue weighted by Crippen LogP contribution is 2.20. The number of rotatable bonds is 4. The van der Waals surface area contributed by atoms with Gasteiger partial charge in [0.15, 0.2) is 10.7 Å². The number of benzene rings is 1. The molecular weight excluding hydrogens is 373 g/mol. The maximum Gasteiger partial charge on any atom is 0.270 e. The molecule has 0 aromatic heterocycles. The molecule has 0 saturated carbocycles. The van der Waals surface area contributed by atoms with Crippen molar-refractivity contribution >= 4 is 40.5 Å². The molecule has 2 aliphatic heterocycles. The fourth-order valence-electron chi connectivity index (χ4n) is 2.82. The monoisotopic (exact) mass is 393 g/mol. The zero-order valence-corrected chi connectivity index (χ0v) is 16.1. The third kappa shape index (κ3) is 4.44. The second-order valence-electron chi connectivity index (χ2n) is 6.34. The van der Waals surface area contributed by atoms with Crippen molar-refractivity contribution in [3.05, 3.63) is 47.5 Å². The Morgan fingerprint density at radius 1 is 1.19 bits per heavy atom. The summed E-state index contributed by atoms with van der Waals surface area (Å²) in [6.07, 6.45) is 2.07. The number of hydrogen-bond donors (Lipinski definition) is 0. The van der Waals surface area contributed by atoms with E-state index >= 15 is 0 Å². The molecule has 26 heavy (non-hydrogen) atoms. The highest BCUT2D eigenvalue weighted by molar-refractivity contribution is 7.82. The second kappa shape index (κ2) is 8.20. The minimum Gasteiger partial charge on any atom is -0.428 e. The molecule has 2 saturated heterocycles. The third-order valence-electron chi connectivity index (χ3n) is 4.48. The van der Waals surface area contributed by atoms with E-state index in [1.54, 1.807) is 21.9 Å². The molecule has 3 rings (SSSR count). The van der Waals surface area contributed by atoms with E-state index in [9.17, 15) is 9.18 Å². The summed E-state index contributed by atoms with van der Waals surface area (Å²) in [5.74, 6) is -0.0522. The van der Waals surface area contributed by atoms with E-state index in [2.05, 4.69) is 4.90 Å². The Morgan fingerprint density at radius 2 is 1.85 bits per heavy atom. The lowest BCUT2D eigenvalue weighted by molar-refractivity contribution is -0.127. The molecule has 5 nitrogen and oxygen atoms in total. The average Bonchev–Trinajstić information content (AvgIpc) is 2.88. The topological polar surface area (TPSA) is 36.0 Å². The van der Waals surface area contributed by atoms with Crippen LogP contribution in [0, 0.1) is 5.82 Å². The van der Waals surface area contributed by atoms with Gasteiger partial charge in [-0.3, -0.25) is 9.69 Å². The lowest BCUT2D eigenvalue weighted by Crippen LogP contribution is -2.46. The average molecular weight is 394 g/mol. The predicted octanol–water partition coefficient (Wildman–Crippen LogP) is 1.97. The fraction of sp³-hybridized carbons (Fsp3) is 0.389. The maximum atomic E-state index is 13.0. The number of nitrogens with zero attached hydrogens (tertiary/aromatic N) is 3. The molecule has 2 heterocycles. The molecule has 2 aliphatic rings. The number of likely N-dealkylation sites (N-methyl/N-ethyl adjacent to an activating group) is 1. The van der Waals surface area contributed by atoms with Crippen molar-refractivity contribution in [1.82, 2.24) is 14.7 Å². The Labute approximate surface area is 163 Å². The van der Waals surface area contributed by atoms with Crippen molar-refractivity contribution in [3.63, 3.8) is 0 Å². The highest BCUT2D eigenvalue weighted by atomic mass is 32.1. The van der Waals surface area contributed by atoms with Crippen molar-refractivity contribution in [2.45, 2.75) is 6.42 Å². The normalized spacial score (nSPS) is 20.0. The van der Waals surface area contributed by atoms with Crippen LogP contribution >= 0.6 is 24.4 Å². The minimum atomic E-state index is -0.267. The predicted molar refractivity (Wildman–Crippen MR) is 105 cm³/mol. The Bertz CT molecular complexity index is 743. The molecule has 0 radical (unpaired) electrons. The van der Waals surface area contributed by atoms with E-state index in [0.29, 0.717) is 36.8 Å². The van der Waals surface area contributed by atoms with E-state index in [1.807, 2.05) is 7.05 Å². The van der Waals surface area contributed by atoms with Gasteiger partial charge in [-0.1, -0.05) is 24.4 Å². The molecule has 138 valence electrons. The molecule has 1 aromatic carbocycles. The number of amides is 1. The molecule has 1 aromatic rings. The number of piperazine rings is 1. The van der Waals surface area contributed by atoms with Crippen LogP contribution < -0.4 is 0 Å². The first-order valence-electron chi connectivity index (χ1n) is 8.41. The molecule has 0 aliphatic carbocycles. The van der Waals surface area contributed by atoms with Crippen LogP contribution in [-0.2, 0) is 16.0 Å². The first-order chi connectivity index (χ1) is 12.4. The standard InChI is InChI=1S/C18H20FN3O2S2/c1-20-8-10-21(11-9-20)16(23)12-15-17(25)22(18(26)24-15)7-6-13-2-4-14(19)5-3-13/h2-5,12H,6-11H2,1H3. The number of halogens is 1. The molecule has 0 N–H and O–H groups in total. The van der Waals surface area contributed by atoms with Crippen molar-refractivity contribution in [2.75, 3.05) is 39.8 Å². The van der Waals surface area contributed by atoms with Crippen LogP contribution in [0.1, 0.15) is 5.56 Å². The summed E-state index contributed by atoms with van der Waals surface area (Å²) in [5, 5.41) is 0.245. The van der Waals surface area contributed by atoms with Gasteiger partial charge < -0.3 is 14.5 Å². The lowest BCUT2D eigenvalue weighted by atomic mass is 10.1. The second-order valence-corrected chi connectivity index (χ2v) is 7.07. The summed E-state index contributed by atoms with van der Waals surface area (Å²) in [4.78, 5) is 18.5. The van der Waals surface area contributed by atoms with E-state index in [4.69, 9.17) is 29.2 Å². The van der Waals surface area contributed by atoms with Crippen molar-refractivity contribution in [2.24, 2.45) is 0 Å². The van der Waals surface area contributed by atoms with Crippen molar-refractivity contribution < 1.29 is 13.9 Å². The molecule has 1 amide bonds. The number of carbonyl (C=O) groups excluding carboxylic acids is 1. The minimum absolute atomic E-state index is 0.112. The van der Waals surface area contributed by atoms with E-state index in [-0.39, 0.29) is 16.9 Å². The van der Waals surface area contributed by atoms with Crippen LogP contribution in [0.2, 0.25) is 0 Å². The van der Waals surface area contributed by atoms with Crippen molar-refractivity contribution in [1.29, 1.82) is 0 Å². The van der Waals surface area contributed by atoms with Gasteiger partial charge in [0.05, 0.1) is 0 Å². The largest absolute Gasteiger partial charge is 0.428 e. The number of carbonyl (C=O) groups is 1. The zero-order valence-electron chi connectivity index (χ0n) is 14.5. The first-order valence-corrected chi connectivity index (χ1v) is 9.23. The quantitative estimate of drug-likeness (QED) is 0.575. The Balaban J connectivity index is 1.60. The Morgan fingerprint density at radius 3 is 2.50 bits per heavy atom. The molecule has 0 unspecified atom stereocenters. The summed E-state index contributed by atoms with van der Waals surface area (Å²) < 4.78 is 18.5. The zero-order chi connectivity index (χ0) is 18.7. The van der Waals surface area contributed by atoms with Gasteiger partial charge in [0.25, 0.3) is 11.1 Å². The molecule has 8 heteroatoms. The number of ether oxygens (including phenoxy) is 1. The van der Waals surface area contributed by atoms with Crippen LogP contribution in [0.5, 0.6) is 0 Å². The van der Waals surface area contributed by atoms with Gasteiger partial charge in [-0.2, -0.15) is 0 Å². The van der Waals surface area contributed by atoms with Gasteiger partial charge in [-0.15, -0.1) is 0 Å². The maximum absolute atomic E-state index is 13.0. The highest BCUT2D eigenvalue weighted by Gasteiger charge is 2.31. The van der Waals surface area contributed by atoms with Gasteiger partial charge in [0, 0.05) is 38.8 Å². The van der Waals surface area contributed by atoms with Gasteiger partial charge in [-0.25, -0.2) is 4.39 Å². The number of hydrogen-bond acceptors (Lipinski definition) is 5. The molecule has 0 atom stereocenters. The van der Waals surface area contributed by atoms with Crippen molar-refractivity contribution in [3.8, 4) is 0 Å². The van der Waals surface area contributed by atoms with E-state index in [0.717, 1.165) is 18.7 Å². The van der Waals surface area contributed by atoms with E-state index < -0.39 is 0 Å². The van der Waals surface area contributed by atoms with Gasteiger partial charge >= 0.3 is 0 Å². The summed E-state index contributed by atoms with van der Waals surface area (Å²) >= 11 is 10.7. The third-order valence-corrected chi connectivity index (χ3v) is 5.21. The molecule has 0 bridgehead atoms. The lowest BCUT2D eigenvalue weighted by Gasteiger charge is -2.31. The van der Waals surface area contributed by atoms with Gasteiger partial charge in [0.2, 0.25) is 0 Å². The summed E-state index contributed by atoms with van der Waals surface area (Å²) in [6, 6.07) is 6.30. The molecule has 2 fully saturated rings. The van der Waals surface area contributed by atoms with Gasteiger partial charge in [-0.05, 0) is 43.4 Å². The molecular formula is C18H20FN3O2S2. The van der Waals surface area contributed by atoms with Crippen LogP contribution in [0.4, 0.5) is 4.39 Å². The Hall–Kier alpha value is -1.90. The van der Waals surface area contributed by atoms with Crippen LogP contribution in [0.15, 0.2) is 36.1 Å². The Kier molecular flexibility index (Phi) is 5.95. The van der Waals surface area contributed by atoms with Crippen LogP contribution in [-0.4, -0.2) is 70.5 Å². The van der Waals surface area contributed by atoms with Crippen LogP contribution in [0.3, 0.4) is 0 Å². The SMILES string of the molecule is CN1CCN(C(=O)C=C2OC(=S)N(CCc3ccc(F)cc3)C2=S)CC1. The summed E-state index contributed by atoms with van der Waals surface area (Å²) in [5.41, 5.74) is 0.975. The number of thiocarbonyl (C=S) groups is 2. The summed E-state index contributed by atoms with van der Waals surface area (Å²) in [6.45, 7) is 3.59. The van der Waals surface area contributed by atoms with E-state index in [1.165, 1.54) is 18.2 Å². The van der Waals surface area contributed by atoms with Crippen LogP contribution in [0.25, 0.3) is 0 Å². The fourth-order valence-corrected chi connectivity index (χ4v) is 3.42. The van der Waals surface area contributed by atoms with Gasteiger partial charge in [0.1, 0.15) is 5.82 Å². The molecule has 0 spiro atoms. The smallest absolute Gasteiger partial charge is 0.270 e. The summed E-state index contributed by atoms with van der Waals surface area (Å²) in [7, 11) is 2.03.